The maximum atomic E-state index is 6.05. The molecule has 0 atom stereocenters. The van der Waals surface area contributed by atoms with Crippen molar-refractivity contribution in [3.05, 3.63) is 291 Å². The quantitative estimate of drug-likeness (QED) is 0.123. The molecule has 82 heavy (non-hydrogen) atoms. The first-order valence-electron chi connectivity index (χ1n) is 28.3. The van der Waals surface area contributed by atoms with E-state index in [9.17, 15) is 0 Å². The maximum Gasteiger partial charge on any atom is 0.0979 e. The number of hydrogen-bond acceptors (Lipinski definition) is 2. The Morgan fingerprint density at radius 1 is 0.183 bits per heavy atom. The van der Waals surface area contributed by atoms with Gasteiger partial charge in [-0.2, -0.15) is 0 Å². The summed E-state index contributed by atoms with van der Waals surface area (Å²) in [4.78, 5) is 12.1. The van der Waals surface area contributed by atoms with Gasteiger partial charge in [0, 0.05) is 32.7 Å². The molecule has 2 heterocycles. The van der Waals surface area contributed by atoms with Crippen LogP contribution in [-0.4, -0.2) is 9.97 Å². The predicted octanol–water partition coefficient (Wildman–Crippen LogP) is 22.0. The zero-order chi connectivity index (χ0) is 53.8. The molecule has 0 aliphatic rings. The summed E-state index contributed by atoms with van der Waals surface area (Å²) >= 11 is 0. The Balaban J connectivity index is 1.03. The van der Waals surface area contributed by atoms with Crippen LogP contribution >= 0.6 is 0 Å². The predicted molar refractivity (Wildman–Crippen MR) is 350 cm³/mol. The highest BCUT2D eigenvalue weighted by Crippen LogP contribution is 2.51. The van der Waals surface area contributed by atoms with Crippen molar-refractivity contribution in [1.82, 2.24) is 9.97 Å². The number of benzene rings is 15. The van der Waals surface area contributed by atoms with Gasteiger partial charge in [0.25, 0.3) is 0 Å². The number of hydrogen-bond donors (Lipinski definition) is 0. The second-order valence-corrected chi connectivity index (χ2v) is 21.8. The van der Waals surface area contributed by atoms with Gasteiger partial charge in [-0.1, -0.05) is 243 Å². The van der Waals surface area contributed by atoms with Crippen LogP contribution in [0.4, 0.5) is 0 Å². The summed E-state index contributed by atoms with van der Waals surface area (Å²) in [6.07, 6.45) is 0. The third-order valence-corrected chi connectivity index (χ3v) is 17.3. The van der Waals surface area contributed by atoms with Crippen LogP contribution in [0, 0.1) is 0 Å². The molecule has 0 amide bonds. The summed E-state index contributed by atoms with van der Waals surface area (Å²) in [5.74, 6) is 0. The fourth-order valence-electron chi connectivity index (χ4n) is 13.8. The zero-order valence-corrected chi connectivity index (χ0v) is 44.6. The first-order chi connectivity index (χ1) is 40.7. The van der Waals surface area contributed by atoms with E-state index in [0.717, 1.165) is 66.6 Å². The maximum absolute atomic E-state index is 6.05. The highest BCUT2D eigenvalue weighted by molar-refractivity contribution is 6.29. The molecule has 0 spiro atoms. The fourth-order valence-corrected chi connectivity index (χ4v) is 13.8. The average Bonchev–Trinajstić information content (AvgIpc) is 1.98. The van der Waals surface area contributed by atoms with Gasteiger partial charge in [-0.3, -0.25) is 0 Å². The molecular formula is C80H48N2. The normalized spacial score (nSPS) is 11.9. The minimum Gasteiger partial charge on any atom is -0.245 e. The molecule has 2 aromatic heterocycles. The van der Waals surface area contributed by atoms with Gasteiger partial charge < -0.3 is 0 Å². The first kappa shape index (κ1) is 46.1. The third-order valence-electron chi connectivity index (χ3n) is 17.3. The second kappa shape index (κ2) is 18.4. The standard InChI is InChI=1S/C80H48N2/c1-3-23-51(24-4-1)73-65-41-43-71(69-47-53-27-9-15-35-59(53)67-45-55-29-11-17-37-61(55)75(77(67)69)63-39-19-31-49-21-7-13-33-57(49)63)81-79(65)80-66(74(73)52-25-5-2-6-26-52)42-44-72(82-80)70-48-54-28-10-16-36-60(54)68-46-56-30-12-18-38-62(56)76(78(68)70)64-40-20-32-50-22-8-14-34-58(50)64/h1-48H. The van der Waals surface area contributed by atoms with Crippen LogP contribution < -0.4 is 0 Å². The van der Waals surface area contributed by atoms with Crippen molar-refractivity contribution < 1.29 is 0 Å². The van der Waals surface area contributed by atoms with E-state index in [1.807, 2.05) is 0 Å². The van der Waals surface area contributed by atoms with Crippen molar-refractivity contribution in [3.8, 4) is 67.0 Å². The van der Waals surface area contributed by atoms with Gasteiger partial charge in [0.05, 0.1) is 22.4 Å². The number of rotatable bonds is 6. The molecule has 0 saturated carbocycles. The van der Waals surface area contributed by atoms with Crippen molar-refractivity contribution in [2.24, 2.45) is 0 Å². The van der Waals surface area contributed by atoms with Crippen LogP contribution in [-0.2, 0) is 0 Å². The van der Waals surface area contributed by atoms with Crippen molar-refractivity contribution in [2.45, 2.75) is 0 Å². The molecule has 2 nitrogen and oxygen atoms in total. The number of pyridine rings is 2. The van der Waals surface area contributed by atoms with Crippen LogP contribution in [0.2, 0.25) is 0 Å². The SMILES string of the molecule is c1ccc(-c2c(-c3ccccc3)c3ccc(-c4cc5ccccc5c5cc6ccccc6c(-c6cccc7ccccc67)c45)nc3c3nc(-c4cc5ccccc5c5cc6ccccc6c(-c6cccc7ccccc67)c45)ccc23)cc1. The topological polar surface area (TPSA) is 25.8 Å². The van der Waals surface area contributed by atoms with Crippen molar-refractivity contribution in [3.63, 3.8) is 0 Å². The molecule has 0 aliphatic carbocycles. The van der Waals surface area contributed by atoms with Crippen molar-refractivity contribution in [1.29, 1.82) is 0 Å². The molecule has 0 radical (unpaired) electrons. The molecule has 0 unspecified atom stereocenters. The van der Waals surface area contributed by atoms with E-state index in [1.165, 1.54) is 108 Å². The summed E-state index contributed by atoms with van der Waals surface area (Å²) in [5, 5.41) is 21.3. The highest BCUT2D eigenvalue weighted by Gasteiger charge is 2.25. The van der Waals surface area contributed by atoms with E-state index in [0.29, 0.717) is 0 Å². The Hall–Kier alpha value is -10.8. The molecule has 2 heteroatoms. The van der Waals surface area contributed by atoms with E-state index in [1.54, 1.807) is 0 Å². The first-order valence-corrected chi connectivity index (χ1v) is 28.3. The Kier molecular flexibility index (Phi) is 10.3. The minimum atomic E-state index is 0.853. The van der Waals surface area contributed by atoms with Gasteiger partial charge in [-0.05, 0) is 168 Å². The van der Waals surface area contributed by atoms with E-state index >= 15 is 0 Å². The van der Waals surface area contributed by atoms with Gasteiger partial charge in [0.15, 0.2) is 0 Å². The molecule has 378 valence electrons. The Morgan fingerprint density at radius 2 is 0.512 bits per heavy atom. The number of aromatic nitrogens is 2. The summed E-state index contributed by atoms with van der Waals surface area (Å²) in [6.45, 7) is 0. The Morgan fingerprint density at radius 3 is 0.927 bits per heavy atom. The Bertz CT molecular complexity index is 5150. The largest absolute Gasteiger partial charge is 0.245 e. The lowest BCUT2D eigenvalue weighted by Gasteiger charge is -2.21. The summed E-state index contributed by atoms with van der Waals surface area (Å²) in [6, 6.07) is 107. The molecule has 0 fully saturated rings. The van der Waals surface area contributed by atoms with Crippen LogP contribution in [0.5, 0.6) is 0 Å². The van der Waals surface area contributed by atoms with E-state index in [2.05, 4.69) is 291 Å². The van der Waals surface area contributed by atoms with Gasteiger partial charge in [-0.15, -0.1) is 0 Å². The van der Waals surface area contributed by atoms with Crippen LogP contribution in [0.25, 0.3) is 175 Å². The summed E-state index contributed by atoms with van der Waals surface area (Å²) in [7, 11) is 0. The number of fused-ring (bicyclic) bond motifs is 13. The van der Waals surface area contributed by atoms with Crippen LogP contribution in [0.1, 0.15) is 0 Å². The van der Waals surface area contributed by atoms with Crippen LogP contribution in [0.15, 0.2) is 291 Å². The average molecular weight is 1040 g/mol. The fraction of sp³-hybridized carbons (Fsp3) is 0. The summed E-state index contributed by atoms with van der Waals surface area (Å²) in [5.41, 5.74) is 15.0. The van der Waals surface area contributed by atoms with E-state index in [-0.39, 0.29) is 0 Å². The minimum absolute atomic E-state index is 0.853. The van der Waals surface area contributed by atoms with E-state index < -0.39 is 0 Å². The lowest BCUT2D eigenvalue weighted by molar-refractivity contribution is 1.37. The molecule has 0 aliphatic heterocycles. The zero-order valence-electron chi connectivity index (χ0n) is 44.6. The molecular weight excluding hydrogens is 989 g/mol. The van der Waals surface area contributed by atoms with E-state index in [4.69, 9.17) is 9.97 Å². The van der Waals surface area contributed by atoms with Crippen LogP contribution in [0.3, 0.4) is 0 Å². The molecule has 0 bridgehead atoms. The monoisotopic (exact) mass is 1040 g/mol. The number of nitrogens with zero attached hydrogens (tertiary/aromatic N) is 2. The lowest BCUT2D eigenvalue weighted by atomic mass is 9.84. The molecule has 17 rings (SSSR count). The van der Waals surface area contributed by atoms with Gasteiger partial charge in [0.1, 0.15) is 0 Å². The van der Waals surface area contributed by atoms with Gasteiger partial charge in [0.2, 0.25) is 0 Å². The Labute approximate surface area is 473 Å². The highest BCUT2D eigenvalue weighted by atomic mass is 14.8. The van der Waals surface area contributed by atoms with Gasteiger partial charge in [-0.25, -0.2) is 9.97 Å². The summed E-state index contributed by atoms with van der Waals surface area (Å²) < 4.78 is 0. The van der Waals surface area contributed by atoms with Crippen molar-refractivity contribution in [2.75, 3.05) is 0 Å². The third kappa shape index (κ3) is 7.08. The van der Waals surface area contributed by atoms with Crippen molar-refractivity contribution >= 4 is 108 Å². The second-order valence-electron chi connectivity index (χ2n) is 21.8. The molecule has 17 aromatic rings. The van der Waals surface area contributed by atoms with Gasteiger partial charge >= 0.3 is 0 Å². The lowest BCUT2D eigenvalue weighted by Crippen LogP contribution is -1.98. The smallest absolute Gasteiger partial charge is 0.0979 e. The molecule has 0 N–H and O–H groups in total. The molecule has 15 aromatic carbocycles. The molecule has 0 saturated heterocycles.